The first-order valence-corrected chi connectivity index (χ1v) is 6.21. The van der Waals surface area contributed by atoms with E-state index in [2.05, 4.69) is 10.3 Å². The molecular formula is C13H17N3O3. The Morgan fingerprint density at radius 1 is 1.53 bits per heavy atom. The smallest absolute Gasteiger partial charge is 0.245 e. The van der Waals surface area contributed by atoms with Gasteiger partial charge >= 0.3 is 0 Å². The molecule has 0 aliphatic carbocycles. The number of rotatable bonds is 4. The summed E-state index contributed by atoms with van der Waals surface area (Å²) in [6.07, 6.45) is 2.22. The van der Waals surface area contributed by atoms with Crippen molar-refractivity contribution in [2.45, 2.75) is 25.9 Å². The van der Waals surface area contributed by atoms with E-state index in [1.807, 2.05) is 13.0 Å². The minimum absolute atomic E-state index is 0.0620. The predicted octanol–water partition coefficient (Wildman–Crippen LogP) is 0.327. The van der Waals surface area contributed by atoms with Crippen molar-refractivity contribution < 1.29 is 14.3 Å². The van der Waals surface area contributed by atoms with Gasteiger partial charge in [-0.2, -0.15) is 0 Å². The van der Waals surface area contributed by atoms with Gasteiger partial charge in [-0.05, 0) is 12.5 Å². The molecule has 1 fully saturated rings. The van der Waals surface area contributed by atoms with E-state index in [1.54, 1.807) is 12.3 Å². The minimum Gasteiger partial charge on any atom is -0.481 e. The summed E-state index contributed by atoms with van der Waals surface area (Å²) in [4.78, 5) is 29.4. The fourth-order valence-electron chi connectivity index (χ4n) is 2.12. The highest BCUT2D eigenvalue weighted by Crippen LogP contribution is 2.18. The summed E-state index contributed by atoms with van der Waals surface area (Å²) in [5.41, 5.74) is 0.794. The molecule has 1 aromatic rings. The number of piperazine rings is 1. The van der Waals surface area contributed by atoms with E-state index in [0.29, 0.717) is 18.8 Å². The number of carbonyl (C=O) groups excluding carboxylic acids is 2. The van der Waals surface area contributed by atoms with Gasteiger partial charge in [0, 0.05) is 11.8 Å². The van der Waals surface area contributed by atoms with E-state index >= 15 is 0 Å². The maximum absolute atomic E-state index is 12.2. The van der Waals surface area contributed by atoms with Crippen molar-refractivity contribution in [2.24, 2.45) is 0 Å². The number of nitrogens with zero attached hydrogens (tertiary/aromatic N) is 2. The van der Waals surface area contributed by atoms with Crippen LogP contribution in [0, 0.1) is 0 Å². The number of carbonyl (C=O) groups is 2. The number of hydrogen-bond acceptors (Lipinski definition) is 4. The lowest BCUT2D eigenvalue weighted by Gasteiger charge is -2.32. The monoisotopic (exact) mass is 263 g/mol. The molecule has 0 radical (unpaired) electrons. The Kier molecular flexibility index (Phi) is 3.99. The highest BCUT2D eigenvalue weighted by Gasteiger charge is 2.31. The van der Waals surface area contributed by atoms with E-state index in [0.717, 1.165) is 5.56 Å². The van der Waals surface area contributed by atoms with Crippen LogP contribution in [0.15, 0.2) is 18.3 Å². The molecule has 1 aliphatic rings. The van der Waals surface area contributed by atoms with Crippen LogP contribution in [-0.2, 0) is 16.1 Å². The summed E-state index contributed by atoms with van der Waals surface area (Å²) in [7, 11) is 1.53. The fourth-order valence-corrected chi connectivity index (χ4v) is 2.12. The number of ether oxygens (including phenoxy) is 1. The molecular weight excluding hydrogens is 246 g/mol. The maximum Gasteiger partial charge on any atom is 0.245 e. The van der Waals surface area contributed by atoms with Crippen LogP contribution in [0.5, 0.6) is 5.88 Å². The summed E-state index contributed by atoms with van der Waals surface area (Å²) in [6, 6.07) is 3.19. The summed E-state index contributed by atoms with van der Waals surface area (Å²) in [5.74, 6) is 0.289. The predicted molar refractivity (Wildman–Crippen MR) is 68.4 cm³/mol. The Bertz CT molecular complexity index is 490. The van der Waals surface area contributed by atoms with Gasteiger partial charge in [0.2, 0.25) is 17.7 Å². The lowest BCUT2D eigenvalue weighted by atomic mass is 10.1. The Morgan fingerprint density at radius 2 is 2.32 bits per heavy atom. The van der Waals surface area contributed by atoms with E-state index < -0.39 is 6.04 Å². The van der Waals surface area contributed by atoms with E-state index in [-0.39, 0.29) is 18.4 Å². The number of amides is 2. The van der Waals surface area contributed by atoms with Crippen molar-refractivity contribution in [3.05, 3.63) is 23.9 Å². The Balaban J connectivity index is 2.17. The highest BCUT2D eigenvalue weighted by molar-refractivity contribution is 5.94. The third-order valence-electron chi connectivity index (χ3n) is 3.09. The van der Waals surface area contributed by atoms with Gasteiger partial charge in [-0.15, -0.1) is 0 Å². The number of pyridine rings is 1. The molecule has 6 nitrogen and oxygen atoms in total. The van der Waals surface area contributed by atoms with Gasteiger partial charge in [0.1, 0.15) is 6.04 Å². The van der Waals surface area contributed by atoms with Crippen LogP contribution in [0.4, 0.5) is 0 Å². The Morgan fingerprint density at radius 3 is 3.00 bits per heavy atom. The average molecular weight is 263 g/mol. The number of hydrogen-bond donors (Lipinski definition) is 1. The average Bonchev–Trinajstić information content (AvgIpc) is 2.43. The molecule has 0 bridgehead atoms. The zero-order chi connectivity index (χ0) is 13.8. The summed E-state index contributed by atoms with van der Waals surface area (Å²) in [5, 5.41) is 2.68. The Labute approximate surface area is 111 Å². The van der Waals surface area contributed by atoms with Crippen LogP contribution < -0.4 is 10.1 Å². The number of methoxy groups -OCH3 is 1. The molecule has 0 aromatic carbocycles. The first kappa shape index (κ1) is 13.3. The second-order valence-electron chi connectivity index (χ2n) is 4.39. The maximum atomic E-state index is 12.2. The molecule has 0 saturated carbocycles. The van der Waals surface area contributed by atoms with Crippen molar-refractivity contribution in [3.63, 3.8) is 0 Å². The van der Waals surface area contributed by atoms with Crippen LogP contribution in [0.25, 0.3) is 0 Å². The lowest BCUT2D eigenvalue weighted by molar-refractivity contribution is -0.144. The molecule has 2 amide bonds. The molecule has 1 atom stereocenters. The van der Waals surface area contributed by atoms with E-state index in [4.69, 9.17) is 4.74 Å². The topological polar surface area (TPSA) is 71.5 Å². The van der Waals surface area contributed by atoms with Gasteiger partial charge in [0.25, 0.3) is 0 Å². The quantitative estimate of drug-likeness (QED) is 0.849. The van der Waals surface area contributed by atoms with E-state index in [9.17, 15) is 9.59 Å². The first-order valence-electron chi connectivity index (χ1n) is 6.21. The van der Waals surface area contributed by atoms with Gasteiger partial charge in [0.05, 0.1) is 20.2 Å². The summed E-state index contributed by atoms with van der Waals surface area (Å²) >= 11 is 0. The van der Waals surface area contributed by atoms with E-state index in [1.165, 1.54) is 12.0 Å². The van der Waals surface area contributed by atoms with Gasteiger partial charge in [-0.1, -0.05) is 13.0 Å². The van der Waals surface area contributed by atoms with Crippen molar-refractivity contribution in [1.82, 2.24) is 15.2 Å². The van der Waals surface area contributed by atoms with Gasteiger partial charge in [-0.3, -0.25) is 9.59 Å². The zero-order valence-electron chi connectivity index (χ0n) is 11.0. The van der Waals surface area contributed by atoms with Gasteiger partial charge < -0.3 is 15.0 Å². The third-order valence-corrected chi connectivity index (χ3v) is 3.09. The molecule has 1 aromatic heterocycles. The Hall–Kier alpha value is -2.11. The number of nitrogens with one attached hydrogen (secondary N) is 1. The molecule has 102 valence electrons. The zero-order valence-corrected chi connectivity index (χ0v) is 11.0. The van der Waals surface area contributed by atoms with Crippen LogP contribution in [0.3, 0.4) is 0 Å². The SMILES string of the molecule is CCC1NC(=O)CN(Cc2cccnc2OC)C1=O. The molecule has 1 saturated heterocycles. The van der Waals surface area contributed by atoms with Crippen molar-refractivity contribution >= 4 is 11.8 Å². The molecule has 0 spiro atoms. The fraction of sp³-hybridized carbons (Fsp3) is 0.462. The largest absolute Gasteiger partial charge is 0.481 e. The normalized spacial score (nSPS) is 19.3. The summed E-state index contributed by atoms with van der Waals surface area (Å²) < 4.78 is 5.15. The number of aromatic nitrogens is 1. The van der Waals surface area contributed by atoms with Crippen molar-refractivity contribution in [2.75, 3.05) is 13.7 Å². The standard InChI is InChI=1S/C13H17N3O3/c1-3-10-13(18)16(8-11(17)15-10)7-9-5-4-6-14-12(9)19-2/h4-6,10H,3,7-8H2,1-2H3,(H,15,17). The second kappa shape index (κ2) is 5.69. The summed E-state index contributed by atoms with van der Waals surface area (Å²) in [6.45, 7) is 2.28. The molecule has 1 aliphatic heterocycles. The van der Waals surface area contributed by atoms with Crippen LogP contribution >= 0.6 is 0 Å². The van der Waals surface area contributed by atoms with Gasteiger partial charge in [0.15, 0.2) is 0 Å². The molecule has 1 unspecified atom stereocenters. The van der Waals surface area contributed by atoms with Crippen molar-refractivity contribution in [3.8, 4) is 5.88 Å². The van der Waals surface area contributed by atoms with Crippen LogP contribution in [-0.4, -0.2) is 41.4 Å². The minimum atomic E-state index is -0.427. The first-order chi connectivity index (χ1) is 9.15. The molecule has 2 heterocycles. The molecule has 1 N–H and O–H groups in total. The second-order valence-corrected chi connectivity index (χ2v) is 4.39. The van der Waals surface area contributed by atoms with Crippen molar-refractivity contribution in [1.29, 1.82) is 0 Å². The third kappa shape index (κ3) is 2.83. The molecule has 19 heavy (non-hydrogen) atoms. The van der Waals surface area contributed by atoms with Crippen LogP contribution in [0.1, 0.15) is 18.9 Å². The highest BCUT2D eigenvalue weighted by atomic mass is 16.5. The lowest BCUT2D eigenvalue weighted by Crippen LogP contribution is -2.57. The molecule has 2 rings (SSSR count). The molecule has 6 heteroatoms. The van der Waals surface area contributed by atoms with Gasteiger partial charge in [-0.25, -0.2) is 4.98 Å². The van der Waals surface area contributed by atoms with Crippen LogP contribution in [0.2, 0.25) is 0 Å².